The fraction of sp³-hybridized carbons (Fsp3) is 0.143. The van der Waals surface area contributed by atoms with Crippen LogP contribution in [0, 0.1) is 0 Å². The fourth-order valence-corrected chi connectivity index (χ4v) is 2.41. The van der Waals surface area contributed by atoms with Gasteiger partial charge in [-0.1, -0.05) is 22.0 Å². The van der Waals surface area contributed by atoms with Gasteiger partial charge in [0, 0.05) is 18.0 Å². The summed E-state index contributed by atoms with van der Waals surface area (Å²) in [5.41, 5.74) is 1.40. The smallest absolute Gasteiger partial charge is 0.231 e. The molecule has 0 fully saturated rings. The SMILES string of the molecule is Br.O=C(c1ccc2c(c1)OCO2)C(Br)c1cccnc1. The summed E-state index contributed by atoms with van der Waals surface area (Å²) in [5, 5.41) is 0. The standard InChI is InChI=1S/C14H10BrNO3.BrH/c15-13(10-2-1-5-16-7-10)14(17)9-3-4-11-12(6-9)19-8-18-11;/h1-7,13H,8H2;1H. The van der Waals surface area contributed by atoms with Gasteiger partial charge in [-0.2, -0.15) is 0 Å². The Kier molecular flexibility index (Phi) is 4.77. The number of pyridine rings is 1. The zero-order valence-electron chi connectivity index (χ0n) is 10.3. The summed E-state index contributed by atoms with van der Waals surface area (Å²) < 4.78 is 10.5. The second-order valence-corrected chi connectivity index (χ2v) is 5.00. The van der Waals surface area contributed by atoms with Gasteiger partial charge in [0.1, 0.15) is 4.83 Å². The summed E-state index contributed by atoms with van der Waals surface area (Å²) in [6.07, 6.45) is 3.35. The molecule has 0 amide bonds. The average Bonchev–Trinajstić information content (AvgIpc) is 2.94. The number of halogens is 2. The Labute approximate surface area is 135 Å². The number of rotatable bonds is 3. The van der Waals surface area contributed by atoms with Crippen LogP contribution in [0.1, 0.15) is 20.7 Å². The number of carbonyl (C=O) groups excluding carboxylic acids is 1. The van der Waals surface area contributed by atoms with Crippen molar-refractivity contribution in [1.29, 1.82) is 0 Å². The summed E-state index contributed by atoms with van der Waals surface area (Å²) in [4.78, 5) is 16.0. The third-order valence-corrected chi connectivity index (χ3v) is 3.81. The normalized spacial score (nSPS) is 13.4. The molecule has 0 saturated carbocycles. The first kappa shape index (κ1) is 15.0. The van der Waals surface area contributed by atoms with E-state index in [0.29, 0.717) is 17.1 Å². The highest BCUT2D eigenvalue weighted by Crippen LogP contribution is 2.35. The number of hydrogen-bond acceptors (Lipinski definition) is 4. The predicted molar refractivity (Wildman–Crippen MR) is 83.1 cm³/mol. The first-order valence-electron chi connectivity index (χ1n) is 5.73. The number of ketones is 1. The van der Waals surface area contributed by atoms with Crippen molar-refractivity contribution in [2.45, 2.75) is 4.83 Å². The van der Waals surface area contributed by atoms with E-state index in [1.54, 1.807) is 36.7 Å². The van der Waals surface area contributed by atoms with Crippen molar-refractivity contribution in [3.8, 4) is 11.5 Å². The molecule has 1 atom stereocenters. The second kappa shape index (κ2) is 6.37. The van der Waals surface area contributed by atoms with Crippen molar-refractivity contribution < 1.29 is 14.3 Å². The van der Waals surface area contributed by atoms with Crippen LogP contribution in [0.5, 0.6) is 11.5 Å². The van der Waals surface area contributed by atoms with Gasteiger partial charge in [-0.3, -0.25) is 9.78 Å². The van der Waals surface area contributed by atoms with Gasteiger partial charge in [0.05, 0.1) is 0 Å². The molecule has 3 rings (SSSR count). The van der Waals surface area contributed by atoms with Crippen molar-refractivity contribution in [3.63, 3.8) is 0 Å². The Bertz CT molecular complexity index is 619. The quantitative estimate of drug-likeness (QED) is 0.582. The largest absolute Gasteiger partial charge is 0.454 e. The summed E-state index contributed by atoms with van der Waals surface area (Å²) in [5.74, 6) is 1.24. The first-order valence-corrected chi connectivity index (χ1v) is 6.65. The van der Waals surface area contributed by atoms with Crippen molar-refractivity contribution >= 4 is 38.7 Å². The molecule has 0 saturated heterocycles. The van der Waals surface area contributed by atoms with Gasteiger partial charge >= 0.3 is 0 Å². The number of aromatic nitrogens is 1. The van der Waals surface area contributed by atoms with E-state index in [0.717, 1.165) is 5.56 Å². The van der Waals surface area contributed by atoms with Gasteiger partial charge in [-0.15, -0.1) is 17.0 Å². The second-order valence-electron chi connectivity index (χ2n) is 4.08. The highest BCUT2D eigenvalue weighted by molar-refractivity contribution is 9.09. The minimum absolute atomic E-state index is 0. The average molecular weight is 401 g/mol. The van der Waals surface area contributed by atoms with Crippen LogP contribution in [0.25, 0.3) is 0 Å². The molecular formula is C14H11Br2NO3. The molecule has 1 aromatic heterocycles. The van der Waals surface area contributed by atoms with Gasteiger partial charge in [0.15, 0.2) is 17.3 Å². The number of nitrogens with zero attached hydrogens (tertiary/aromatic N) is 1. The molecule has 2 aromatic rings. The van der Waals surface area contributed by atoms with E-state index in [1.807, 2.05) is 6.07 Å². The highest BCUT2D eigenvalue weighted by Gasteiger charge is 2.22. The molecule has 6 heteroatoms. The fourth-order valence-electron chi connectivity index (χ4n) is 1.87. The first-order chi connectivity index (χ1) is 9.25. The summed E-state index contributed by atoms with van der Waals surface area (Å²) in [6.45, 7) is 0.202. The van der Waals surface area contributed by atoms with Crippen LogP contribution in [0.4, 0.5) is 0 Å². The lowest BCUT2D eigenvalue weighted by Gasteiger charge is -2.09. The lowest BCUT2D eigenvalue weighted by molar-refractivity contribution is 0.0991. The molecule has 1 aromatic carbocycles. The maximum atomic E-state index is 12.4. The zero-order chi connectivity index (χ0) is 13.2. The molecule has 0 N–H and O–H groups in total. The highest BCUT2D eigenvalue weighted by atomic mass is 79.9. The molecular weight excluding hydrogens is 390 g/mol. The maximum absolute atomic E-state index is 12.4. The maximum Gasteiger partial charge on any atom is 0.231 e. The number of ether oxygens (including phenoxy) is 2. The van der Waals surface area contributed by atoms with E-state index in [-0.39, 0.29) is 29.6 Å². The molecule has 1 aliphatic rings. The Morgan fingerprint density at radius 3 is 2.80 bits per heavy atom. The molecule has 1 unspecified atom stereocenters. The van der Waals surface area contributed by atoms with E-state index in [2.05, 4.69) is 20.9 Å². The topological polar surface area (TPSA) is 48.4 Å². The van der Waals surface area contributed by atoms with Crippen molar-refractivity contribution in [2.75, 3.05) is 6.79 Å². The lowest BCUT2D eigenvalue weighted by atomic mass is 10.0. The Morgan fingerprint density at radius 1 is 1.25 bits per heavy atom. The van der Waals surface area contributed by atoms with Crippen LogP contribution in [-0.2, 0) is 0 Å². The number of alkyl halides is 1. The van der Waals surface area contributed by atoms with Crippen LogP contribution in [0.2, 0.25) is 0 Å². The zero-order valence-corrected chi connectivity index (χ0v) is 13.6. The van der Waals surface area contributed by atoms with Crippen LogP contribution in [-0.4, -0.2) is 17.6 Å². The number of carbonyl (C=O) groups is 1. The third-order valence-electron chi connectivity index (χ3n) is 2.86. The van der Waals surface area contributed by atoms with E-state index < -0.39 is 4.83 Å². The minimum atomic E-state index is -0.415. The molecule has 1 aliphatic heterocycles. The summed E-state index contributed by atoms with van der Waals surface area (Å²) in [7, 11) is 0. The molecule has 0 spiro atoms. The Balaban J connectivity index is 0.00000147. The van der Waals surface area contributed by atoms with Crippen LogP contribution >= 0.6 is 32.9 Å². The monoisotopic (exact) mass is 399 g/mol. The van der Waals surface area contributed by atoms with E-state index in [9.17, 15) is 4.79 Å². The van der Waals surface area contributed by atoms with Gasteiger partial charge in [0.2, 0.25) is 6.79 Å². The molecule has 0 bridgehead atoms. The number of hydrogen-bond donors (Lipinski definition) is 0. The minimum Gasteiger partial charge on any atom is -0.454 e. The molecule has 104 valence electrons. The number of fused-ring (bicyclic) bond motifs is 1. The summed E-state index contributed by atoms with van der Waals surface area (Å²) in [6, 6.07) is 8.85. The molecule has 0 aliphatic carbocycles. The van der Waals surface area contributed by atoms with E-state index >= 15 is 0 Å². The van der Waals surface area contributed by atoms with Crippen molar-refractivity contribution in [2.24, 2.45) is 0 Å². The number of Topliss-reactive ketones (excluding diaryl/α,β-unsaturated/α-hetero) is 1. The van der Waals surface area contributed by atoms with Crippen molar-refractivity contribution in [3.05, 3.63) is 53.9 Å². The van der Waals surface area contributed by atoms with Gasteiger partial charge in [-0.05, 0) is 29.8 Å². The predicted octanol–water partition coefficient (Wildman–Crippen LogP) is 3.71. The van der Waals surface area contributed by atoms with Gasteiger partial charge < -0.3 is 9.47 Å². The van der Waals surface area contributed by atoms with Crippen LogP contribution in [0.15, 0.2) is 42.7 Å². The van der Waals surface area contributed by atoms with E-state index in [4.69, 9.17) is 9.47 Å². The lowest BCUT2D eigenvalue weighted by Crippen LogP contribution is -2.07. The van der Waals surface area contributed by atoms with Crippen molar-refractivity contribution in [1.82, 2.24) is 4.98 Å². The Morgan fingerprint density at radius 2 is 2.05 bits per heavy atom. The molecule has 0 radical (unpaired) electrons. The third kappa shape index (κ3) is 2.86. The molecule has 2 heterocycles. The van der Waals surface area contributed by atoms with E-state index in [1.165, 1.54) is 0 Å². The van der Waals surface area contributed by atoms with Crippen LogP contribution in [0.3, 0.4) is 0 Å². The number of benzene rings is 1. The Hall–Kier alpha value is -1.40. The van der Waals surface area contributed by atoms with Gasteiger partial charge in [-0.25, -0.2) is 0 Å². The van der Waals surface area contributed by atoms with Crippen LogP contribution < -0.4 is 9.47 Å². The molecule has 4 nitrogen and oxygen atoms in total. The molecule has 20 heavy (non-hydrogen) atoms. The van der Waals surface area contributed by atoms with Gasteiger partial charge in [0.25, 0.3) is 0 Å². The summed E-state index contributed by atoms with van der Waals surface area (Å²) >= 11 is 3.41.